The van der Waals surface area contributed by atoms with Crippen molar-refractivity contribution in [1.82, 2.24) is 19.7 Å². The van der Waals surface area contributed by atoms with Crippen molar-refractivity contribution < 1.29 is 9.47 Å². The molecule has 0 spiro atoms. The summed E-state index contributed by atoms with van der Waals surface area (Å²) in [6.07, 6.45) is 4.22. The summed E-state index contributed by atoms with van der Waals surface area (Å²) in [5, 5.41) is 13.9. The van der Waals surface area contributed by atoms with Gasteiger partial charge in [-0.3, -0.25) is 0 Å². The minimum absolute atomic E-state index is 0.324. The van der Waals surface area contributed by atoms with Crippen LogP contribution in [0, 0.1) is 11.3 Å². The number of nitriles is 1. The van der Waals surface area contributed by atoms with Crippen LogP contribution in [0.5, 0.6) is 11.6 Å². The van der Waals surface area contributed by atoms with Crippen molar-refractivity contribution in [3.63, 3.8) is 0 Å². The number of likely N-dealkylation sites (N-methyl/N-ethyl adjacent to an activating group) is 1. The maximum Gasteiger partial charge on any atom is 0.219 e. The van der Waals surface area contributed by atoms with E-state index in [0.29, 0.717) is 48.1 Å². The zero-order valence-corrected chi connectivity index (χ0v) is 19.2. The molecule has 9 heteroatoms. The predicted octanol–water partition coefficient (Wildman–Crippen LogP) is 2.90. The zero-order valence-electron chi connectivity index (χ0n) is 19.2. The number of nitrogens with two attached hydrogens (primary N) is 1. The molecule has 0 amide bonds. The second-order valence-electron chi connectivity index (χ2n) is 8.16. The van der Waals surface area contributed by atoms with E-state index in [1.807, 2.05) is 31.9 Å². The van der Waals surface area contributed by atoms with Gasteiger partial charge >= 0.3 is 0 Å². The van der Waals surface area contributed by atoms with Crippen LogP contribution < -0.4 is 15.4 Å². The molecule has 32 heavy (non-hydrogen) atoms. The summed E-state index contributed by atoms with van der Waals surface area (Å²) in [4.78, 5) is 10.9. The predicted molar refractivity (Wildman–Crippen MR) is 123 cm³/mol. The lowest BCUT2D eigenvalue weighted by Gasteiger charge is -2.28. The molecule has 0 aliphatic heterocycles. The number of aryl methyl sites for hydroxylation is 1. The quantitative estimate of drug-likeness (QED) is 0.545. The van der Waals surface area contributed by atoms with Crippen molar-refractivity contribution >= 4 is 5.82 Å². The fraction of sp³-hybridized carbons (Fsp3) is 0.391. The molecule has 2 aromatic heterocycles. The van der Waals surface area contributed by atoms with Crippen LogP contribution in [0.25, 0.3) is 11.4 Å². The van der Waals surface area contributed by atoms with Gasteiger partial charge in [0, 0.05) is 46.2 Å². The Labute approximate surface area is 188 Å². The van der Waals surface area contributed by atoms with E-state index in [-0.39, 0.29) is 5.60 Å². The van der Waals surface area contributed by atoms with Gasteiger partial charge in [0.25, 0.3) is 0 Å². The molecule has 0 fully saturated rings. The molecule has 0 atom stereocenters. The smallest absolute Gasteiger partial charge is 0.219 e. The molecule has 0 radical (unpaired) electrons. The lowest BCUT2D eigenvalue weighted by molar-refractivity contribution is 0.0297. The van der Waals surface area contributed by atoms with Crippen molar-refractivity contribution in [2.75, 3.05) is 32.1 Å². The Bertz CT molecular complexity index is 1100. The second kappa shape index (κ2) is 9.77. The Hall–Kier alpha value is -3.48. The summed E-state index contributed by atoms with van der Waals surface area (Å²) in [5.41, 5.74) is 7.40. The molecule has 0 saturated heterocycles. The normalized spacial score (nSPS) is 11.3. The number of aromatic nitrogens is 4. The van der Waals surface area contributed by atoms with Crippen LogP contribution in [0.1, 0.15) is 25.0 Å². The highest BCUT2D eigenvalue weighted by molar-refractivity contribution is 5.66. The van der Waals surface area contributed by atoms with Gasteiger partial charge in [-0.1, -0.05) is 0 Å². The van der Waals surface area contributed by atoms with Crippen LogP contribution in [0.3, 0.4) is 0 Å². The van der Waals surface area contributed by atoms with E-state index < -0.39 is 0 Å². The third kappa shape index (κ3) is 5.41. The van der Waals surface area contributed by atoms with E-state index in [0.717, 1.165) is 11.4 Å². The lowest BCUT2D eigenvalue weighted by atomic mass is 10.1. The molecule has 168 valence electrons. The van der Waals surface area contributed by atoms with E-state index in [1.54, 1.807) is 49.4 Å². The number of benzene rings is 1. The Balaban J connectivity index is 1.92. The Morgan fingerprint density at radius 3 is 2.56 bits per heavy atom. The van der Waals surface area contributed by atoms with Gasteiger partial charge < -0.3 is 20.1 Å². The first-order chi connectivity index (χ1) is 15.3. The van der Waals surface area contributed by atoms with Gasteiger partial charge in [-0.05, 0) is 50.6 Å². The highest BCUT2D eigenvalue weighted by Crippen LogP contribution is 2.33. The largest absolute Gasteiger partial charge is 0.438 e. The number of methoxy groups -OCH3 is 1. The first-order valence-electron chi connectivity index (χ1n) is 10.3. The summed E-state index contributed by atoms with van der Waals surface area (Å²) < 4.78 is 13.4. The number of hydrogen-bond acceptors (Lipinski definition) is 8. The molecule has 3 rings (SSSR count). The number of rotatable bonds is 9. The first-order valence-corrected chi connectivity index (χ1v) is 10.3. The third-order valence-electron chi connectivity index (χ3n) is 5.09. The van der Waals surface area contributed by atoms with Crippen LogP contribution in [0.4, 0.5) is 5.82 Å². The van der Waals surface area contributed by atoms with Crippen LogP contribution in [0.2, 0.25) is 0 Å². The van der Waals surface area contributed by atoms with Gasteiger partial charge in [-0.2, -0.15) is 10.4 Å². The van der Waals surface area contributed by atoms with Crippen molar-refractivity contribution in [2.24, 2.45) is 12.8 Å². The zero-order chi connectivity index (χ0) is 23.3. The number of anilines is 1. The highest BCUT2D eigenvalue weighted by Gasteiger charge is 2.22. The van der Waals surface area contributed by atoms with Gasteiger partial charge in [0.1, 0.15) is 5.75 Å². The fourth-order valence-electron chi connectivity index (χ4n) is 3.20. The molecular weight excluding hydrogens is 406 g/mol. The molecule has 1 aromatic carbocycles. The molecular formula is C23H29N7O2. The van der Waals surface area contributed by atoms with E-state index in [9.17, 15) is 5.26 Å². The molecule has 2 N–H and O–H groups in total. The molecule has 0 saturated carbocycles. The number of nitrogens with zero attached hydrogens (tertiary/aromatic N) is 6. The van der Waals surface area contributed by atoms with Gasteiger partial charge in [-0.15, -0.1) is 0 Å². The van der Waals surface area contributed by atoms with E-state index in [2.05, 4.69) is 21.1 Å². The number of ether oxygens (including phenoxy) is 2. The molecule has 0 unspecified atom stereocenters. The van der Waals surface area contributed by atoms with Crippen molar-refractivity contribution in [3.05, 3.63) is 47.8 Å². The van der Waals surface area contributed by atoms with Crippen LogP contribution in [-0.4, -0.2) is 52.6 Å². The van der Waals surface area contributed by atoms with Gasteiger partial charge in [0.15, 0.2) is 11.6 Å². The van der Waals surface area contributed by atoms with Crippen LogP contribution >= 0.6 is 0 Å². The molecule has 2 heterocycles. The summed E-state index contributed by atoms with van der Waals surface area (Å²) >= 11 is 0. The Morgan fingerprint density at radius 1 is 1.22 bits per heavy atom. The summed E-state index contributed by atoms with van der Waals surface area (Å²) in [7, 11) is 5.45. The molecule has 0 bridgehead atoms. The van der Waals surface area contributed by atoms with Crippen molar-refractivity contribution in [3.8, 4) is 29.1 Å². The molecule has 0 aliphatic rings. The lowest BCUT2D eigenvalue weighted by Crippen LogP contribution is -2.38. The van der Waals surface area contributed by atoms with Crippen molar-refractivity contribution in [2.45, 2.75) is 25.9 Å². The fourth-order valence-corrected chi connectivity index (χ4v) is 3.20. The standard InChI is InChI=1S/C23H29N7O2/c1-23(2,31-5)15-29(3)20-11-21(30(4)28-20)32-19-10-16(12-25)6-7-18(19)22-26-13-17(8-9-24)14-27-22/h6-7,10-11,13-14H,8-9,15,24H2,1-5H3. The van der Waals surface area contributed by atoms with Crippen LogP contribution in [0.15, 0.2) is 36.7 Å². The second-order valence-corrected chi connectivity index (χ2v) is 8.16. The summed E-state index contributed by atoms with van der Waals surface area (Å²) in [5.74, 6) is 2.25. The number of hydrogen-bond donors (Lipinski definition) is 1. The van der Waals surface area contributed by atoms with E-state index in [4.69, 9.17) is 15.2 Å². The average Bonchev–Trinajstić information content (AvgIpc) is 3.15. The molecule has 0 aliphatic carbocycles. The van der Waals surface area contributed by atoms with Gasteiger partial charge in [-0.25, -0.2) is 14.6 Å². The van der Waals surface area contributed by atoms with Gasteiger partial charge in [0.05, 0.1) is 22.8 Å². The topological polar surface area (TPSA) is 115 Å². The molecule has 9 nitrogen and oxygen atoms in total. The maximum absolute atomic E-state index is 9.36. The first kappa shape index (κ1) is 23.2. The summed E-state index contributed by atoms with van der Waals surface area (Å²) in [6, 6.07) is 9.18. The van der Waals surface area contributed by atoms with E-state index >= 15 is 0 Å². The minimum atomic E-state index is -0.324. The maximum atomic E-state index is 9.36. The monoisotopic (exact) mass is 435 g/mol. The van der Waals surface area contributed by atoms with Crippen LogP contribution in [-0.2, 0) is 18.2 Å². The third-order valence-corrected chi connectivity index (χ3v) is 5.09. The SMILES string of the molecule is COC(C)(C)CN(C)c1cc(Oc2cc(C#N)ccc2-c2ncc(CCN)cn2)n(C)n1. The average molecular weight is 436 g/mol. The molecule has 3 aromatic rings. The van der Waals surface area contributed by atoms with E-state index in [1.165, 1.54) is 0 Å². The highest BCUT2D eigenvalue weighted by atomic mass is 16.5. The minimum Gasteiger partial charge on any atom is -0.438 e. The summed E-state index contributed by atoms with van der Waals surface area (Å²) in [6.45, 7) is 5.22. The Kier molecular flexibility index (Phi) is 7.08. The van der Waals surface area contributed by atoms with Crippen molar-refractivity contribution in [1.29, 1.82) is 5.26 Å². The van der Waals surface area contributed by atoms with Gasteiger partial charge in [0.2, 0.25) is 5.88 Å². The Morgan fingerprint density at radius 2 is 1.94 bits per heavy atom.